The van der Waals surface area contributed by atoms with E-state index in [1.165, 1.54) is 14.2 Å². The summed E-state index contributed by atoms with van der Waals surface area (Å²) in [5, 5.41) is 11.0. The lowest BCUT2D eigenvalue weighted by Crippen LogP contribution is -2.45. The molecule has 0 spiro atoms. The molecule has 164 valence electrons. The van der Waals surface area contributed by atoms with Crippen molar-refractivity contribution < 1.29 is 28.9 Å². The maximum Gasteiger partial charge on any atom is 0.416 e. The topological polar surface area (TPSA) is 85.3 Å². The molecule has 1 N–H and O–H groups in total. The van der Waals surface area contributed by atoms with Gasteiger partial charge in [-0.15, -0.1) is 6.58 Å². The van der Waals surface area contributed by atoms with Gasteiger partial charge in [0.25, 0.3) is 0 Å². The van der Waals surface area contributed by atoms with Crippen LogP contribution in [0.3, 0.4) is 0 Å². The third-order valence-electron chi connectivity index (χ3n) is 5.38. The highest BCUT2D eigenvalue weighted by Crippen LogP contribution is 2.35. The van der Waals surface area contributed by atoms with Crippen LogP contribution >= 0.6 is 0 Å². The average molecular weight is 425 g/mol. The summed E-state index contributed by atoms with van der Waals surface area (Å²) in [6.07, 6.45) is 0.359. The Morgan fingerprint density at radius 1 is 1.23 bits per heavy atom. The van der Waals surface area contributed by atoms with Gasteiger partial charge in [0.15, 0.2) is 11.5 Å². The van der Waals surface area contributed by atoms with Crippen LogP contribution in [-0.2, 0) is 16.0 Å². The third-order valence-corrected chi connectivity index (χ3v) is 5.38. The summed E-state index contributed by atoms with van der Waals surface area (Å²) in [6.45, 7) is 3.83. The van der Waals surface area contributed by atoms with Crippen molar-refractivity contribution in [3.8, 4) is 11.5 Å². The van der Waals surface area contributed by atoms with Gasteiger partial charge in [-0.3, -0.25) is 4.79 Å². The van der Waals surface area contributed by atoms with Gasteiger partial charge in [-0.05, 0) is 36.1 Å². The van der Waals surface area contributed by atoms with Crippen molar-refractivity contribution >= 4 is 12.0 Å². The largest absolute Gasteiger partial charge is 0.493 e. The summed E-state index contributed by atoms with van der Waals surface area (Å²) in [6, 6.07) is 14.1. The fourth-order valence-corrected chi connectivity index (χ4v) is 3.76. The average Bonchev–Trinajstić information content (AvgIpc) is 3.16. The van der Waals surface area contributed by atoms with E-state index in [1.54, 1.807) is 24.3 Å². The molecule has 1 aliphatic heterocycles. The molecule has 2 aromatic rings. The first-order valence-electron chi connectivity index (χ1n) is 10.0. The molecule has 0 aliphatic carbocycles. The number of hydrogen-bond donors (Lipinski definition) is 1. The molecule has 1 fully saturated rings. The van der Waals surface area contributed by atoms with E-state index in [-0.39, 0.29) is 13.0 Å². The van der Waals surface area contributed by atoms with Crippen LogP contribution in [0.1, 0.15) is 23.7 Å². The molecule has 2 aromatic carbocycles. The van der Waals surface area contributed by atoms with Gasteiger partial charge in [-0.1, -0.05) is 42.5 Å². The fraction of sp³-hybridized carbons (Fsp3) is 0.333. The first-order chi connectivity index (χ1) is 15.0. The van der Waals surface area contributed by atoms with E-state index in [0.29, 0.717) is 23.5 Å². The van der Waals surface area contributed by atoms with Crippen LogP contribution in [0, 0.1) is 5.92 Å². The van der Waals surface area contributed by atoms with Gasteiger partial charge in [0.2, 0.25) is 5.91 Å². The van der Waals surface area contributed by atoms with E-state index in [1.807, 2.05) is 30.3 Å². The fourth-order valence-electron chi connectivity index (χ4n) is 3.76. The number of allylic oxidation sites excluding steroid dienone is 1. The molecule has 0 aromatic heterocycles. The van der Waals surface area contributed by atoms with Gasteiger partial charge in [0, 0.05) is 0 Å². The molecule has 2 amide bonds. The second-order valence-corrected chi connectivity index (χ2v) is 7.32. The zero-order valence-electron chi connectivity index (χ0n) is 17.7. The SMILES string of the molecule is C=CC[C@@H](C(=O)N1C(=O)OC[C@@H]1Cc1ccccc1)[C@H](O)c1ccc(OC)c(OC)c1. The molecule has 7 nitrogen and oxygen atoms in total. The number of amides is 2. The van der Waals surface area contributed by atoms with Crippen molar-refractivity contribution in [3.05, 3.63) is 72.3 Å². The number of nitrogens with zero attached hydrogens (tertiary/aromatic N) is 1. The molecular formula is C24H27NO6. The highest BCUT2D eigenvalue weighted by atomic mass is 16.6. The second kappa shape index (κ2) is 10.1. The number of rotatable bonds is 9. The molecule has 7 heteroatoms. The predicted molar refractivity (Wildman–Crippen MR) is 115 cm³/mol. The lowest BCUT2D eigenvalue weighted by molar-refractivity contribution is -0.137. The maximum atomic E-state index is 13.4. The summed E-state index contributed by atoms with van der Waals surface area (Å²) in [5.74, 6) is -0.451. The smallest absolute Gasteiger partial charge is 0.416 e. The molecule has 0 bridgehead atoms. The van der Waals surface area contributed by atoms with Gasteiger partial charge >= 0.3 is 6.09 Å². The number of aliphatic hydroxyl groups excluding tert-OH is 1. The molecule has 0 radical (unpaired) electrons. The van der Waals surface area contributed by atoms with Crippen molar-refractivity contribution in [1.29, 1.82) is 0 Å². The lowest BCUT2D eigenvalue weighted by atomic mass is 9.90. The van der Waals surface area contributed by atoms with Crippen LogP contribution in [-0.4, -0.2) is 48.9 Å². The van der Waals surface area contributed by atoms with E-state index in [4.69, 9.17) is 14.2 Å². The number of carbonyl (C=O) groups excluding carboxylic acids is 2. The third kappa shape index (κ3) is 4.88. The molecule has 31 heavy (non-hydrogen) atoms. The standard InChI is InChI=1S/C24H27NO6/c1-4-8-19(22(26)17-11-12-20(29-2)21(14-17)30-3)23(27)25-18(15-31-24(25)28)13-16-9-6-5-7-10-16/h4-7,9-12,14,18-19,22,26H,1,8,13,15H2,2-3H3/t18-,19+,22+/m0/s1. The minimum absolute atomic E-state index is 0.118. The van der Waals surface area contributed by atoms with Crippen molar-refractivity contribution in [2.75, 3.05) is 20.8 Å². The van der Waals surface area contributed by atoms with Crippen molar-refractivity contribution in [1.82, 2.24) is 4.90 Å². The molecule has 3 atom stereocenters. The van der Waals surface area contributed by atoms with Crippen molar-refractivity contribution in [3.63, 3.8) is 0 Å². The summed E-state index contributed by atoms with van der Waals surface area (Å²) >= 11 is 0. The van der Waals surface area contributed by atoms with E-state index in [9.17, 15) is 14.7 Å². The van der Waals surface area contributed by atoms with Crippen LogP contribution in [0.25, 0.3) is 0 Å². The Kier molecular flexibility index (Phi) is 7.31. The Hall–Kier alpha value is -3.32. The normalized spacial score (nSPS) is 17.6. The number of aliphatic hydroxyl groups is 1. The molecule has 3 rings (SSSR count). The summed E-state index contributed by atoms with van der Waals surface area (Å²) in [4.78, 5) is 26.9. The van der Waals surface area contributed by atoms with Gasteiger partial charge in [-0.2, -0.15) is 0 Å². The Balaban J connectivity index is 1.86. The summed E-state index contributed by atoms with van der Waals surface area (Å²) < 4.78 is 15.7. The van der Waals surface area contributed by atoms with Crippen LogP contribution in [0.4, 0.5) is 4.79 Å². The number of benzene rings is 2. The second-order valence-electron chi connectivity index (χ2n) is 7.32. The minimum atomic E-state index is -1.17. The first kappa shape index (κ1) is 22.4. The Bertz CT molecular complexity index is 929. The van der Waals surface area contributed by atoms with Crippen LogP contribution < -0.4 is 9.47 Å². The zero-order valence-corrected chi connectivity index (χ0v) is 17.7. The quantitative estimate of drug-likeness (QED) is 0.619. The van der Waals surface area contributed by atoms with Gasteiger partial charge in [0.05, 0.1) is 32.3 Å². The number of carbonyl (C=O) groups is 2. The highest BCUT2D eigenvalue weighted by molar-refractivity contribution is 5.95. The number of ether oxygens (including phenoxy) is 3. The van der Waals surface area contributed by atoms with Gasteiger partial charge < -0.3 is 19.3 Å². The van der Waals surface area contributed by atoms with E-state index in [0.717, 1.165) is 10.5 Å². The van der Waals surface area contributed by atoms with Crippen molar-refractivity contribution in [2.45, 2.75) is 25.0 Å². The zero-order chi connectivity index (χ0) is 22.4. The highest BCUT2D eigenvalue weighted by Gasteiger charge is 2.42. The van der Waals surface area contributed by atoms with Gasteiger partial charge in [0.1, 0.15) is 6.61 Å². The molecule has 0 unspecified atom stereocenters. The van der Waals surface area contributed by atoms with E-state index >= 15 is 0 Å². The Morgan fingerprint density at radius 2 is 1.94 bits per heavy atom. The summed E-state index contributed by atoms with van der Waals surface area (Å²) in [7, 11) is 3.01. The minimum Gasteiger partial charge on any atom is -0.493 e. The lowest BCUT2D eigenvalue weighted by Gasteiger charge is -2.28. The molecule has 1 heterocycles. The van der Waals surface area contributed by atoms with Crippen LogP contribution in [0.2, 0.25) is 0 Å². The summed E-state index contributed by atoms with van der Waals surface area (Å²) in [5.41, 5.74) is 1.47. The van der Waals surface area contributed by atoms with Crippen LogP contribution in [0.5, 0.6) is 11.5 Å². The maximum absolute atomic E-state index is 13.4. The monoisotopic (exact) mass is 425 g/mol. The van der Waals surface area contributed by atoms with E-state index < -0.39 is 30.1 Å². The van der Waals surface area contributed by atoms with E-state index in [2.05, 4.69) is 6.58 Å². The van der Waals surface area contributed by atoms with Crippen LogP contribution in [0.15, 0.2) is 61.2 Å². The number of methoxy groups -OCH3 is 2. The molecule has 1 aliphatic rings. The molecule has 0 saturated carbocycles. The molecular weight excluding hydrogens is 398 g/mol. The molecule has 1 saturated heterocycles. The number of cyclic esters (lactones) is 1. The number of imide groups is 1. The van der Waals surface area contributed by atoms with Crippen molar-refractivity contribution in [2.24, 2.45) is 5.92 Å². The Morgan fingerprint density at radius 3 is 2.58 bits per heavy atom. The predicted octanol–water partition coefficient (Wildman–Crippen LogP) is 3.52. The van der Waals surface area contributed by atoms with Gasteiger partial charge in [-0.25, -0.2) is 9.69 Å². The first-order valence-corrected chi connectivity index (χ1v) is 10.0. The number of hydrogen-bond acceptors (Lipinski definition) is 6. The Labute approximate surface area is 181 Å².